The number of carbonyl (C=O) groups excluding carboxylic acids is 8. The molecule has 12 heterocycles. The highest BCUT2D eigenvalue weighted by atomic mass is 16.5. The molecule has 2 saturated heterocycles. The lowest BCUT2D eigenvalue weighted by Crippen LogP contribution is -2.52. The molecule has 4 aromatic carbocycles. The van der Waals surface area contributed by atoms with Gasteiger partial charge in [-0.2, -0.15) is 10.2 Å². The van der Waals surface area contributed by atoms with Gasteiger partial charge in [-0.3, -0.25) is 49.0 Å². The molecule has 660 valence electrons. The van der Waals surface area contributed by atoms with Gasteiger partial charge in [0, 0.05) is 169 Å². The number of imide groups is 2. The Morgan fingerprint density at radius 2 is 1.02 bits per heavy atom. The van der Waals surface area contributed by atoms with Crippen LogP contribution in [0.3, 0.4) is 0 Å². The summed E-state index contributed by atoms with van der Waals surface area (Å²) in [5.41, 5.74) is 13.0. The SMILES string of the molecule is CCn1nc(C2CC2)cc1Nc1nc(C(=O)NCCCCNc2cccc3c2CN(C2CCC(=O)NC2=O)C3=O)nc2[nH]c3cc(-c4c(CC5CC5c5cc(Nc6nc(C(=O)NCCCOCCOCCOCCCNc7cccc8c7CN(C7CCC(=O)NC7=O)C8=O)nc7[nH]c8cc(-c9c(C)noc9C)c(OC)cc8c67)n(CC)n5)noc4C)c(OC)cc3c12. The first-order valence-corrected chi connectivity index (χ1v) is 43.5. The van der Waals surface area contributed by atoms with Gasteiger partial charge in [-0.25, -0.2) is 29.3 Å². The molecular weight excluding hydrogens is 1630 g/mol. The lowest BCUT2D eigenvalue weighted by molar-refractivity contribution is -0.138. The summed E-state index contributed by atoms with van der Waals surface area (Å²) in [6.45, 7) is 15.4. The van der Waals surface area contributed by atoms with E-state index in [0.29, 0.717) is 207 Å². The Balaban J connectivity index is 0.516. The molecule has 8 amide bonds. The minimum absolute atomic E-state index is 0.0420. The third-order valence-corrected chi connectivity index (χ3v) is 24.5. The van der Waals surface area contributed by atoms with E-state index in [9.17, 15) is 38.4 Å². The average molecular weight is 1730 g/mol. The second kappa shape index (κ2) is 36.1. The number of nitrogens with one attached hydrogen (secondary N) is 10. The number of anilines is 6. The van der Waals surface area contributed by atoms with E-state index in [-0.39, 0.29) is 86.0 Å². The van der Waals surface area contributed by atoms with Gasteiger partial charge in [-0.15, -0.1) is 0 Å². The van der Waals surface area contributed by atoms with Gasteiger partial charge in [-0.1, -0.05) is 22.4 Å². The summed E-state index contributed by atoms with van der Waals surface area (Å²) in [5, 5.41) is 46.6. The van der Waals surface area contributed by atoms with Gasteiger partial charge in [0.2, 0.25) is 35.3 Å². The van der Waals surface area contributed by atoms with Crippen LogP contribution >= 0.6 is 0 Å². The minimum atomic E-state index is -0.717. The van der Waals surface area contributed by atoms with Crippen molar-refractivity contribution < 1.29 is 71.1 Å². The number of fused-ring (bicyclic) bond motifs is 8. The van der Waals surface area contributed by atoms with E-state index in [2.05, 4.69) is 63.7 Å². The van der Waals surface area contributed by atoms with Crippen molar-refractivity contribution in [2.45, 2.75) is 162 Å². The maximum atomic E-state index is 14.3. The van der Waals surface area contributed by atoms with Crippen LogP contribution in [0.2, 0.25) is 0 Å². The number of rotatable bonds is 39. The van der Waals surface area contributed by atoms with Gasteiger partial charge >= 0.3 is 0 Å². The normalized spacial score (nSPS) is 17.3. The molecule has 10 N–H and O–H groups in total. The van der Waals surface area contributed by atoms with Crippen LogP contribution in [0.5, 0.6) is 11.5 Å². The Bertz CT molecular complexity index is 6310. The number of hydrogen-bond donors (Lipinski definition) is 10. The van der Waals surface area contributed by atoms with Crippen molar-refractivity contribution in [3.63, 3.8) is 0 Å². The number of hydrogen-bond acceptors (Lipinski definition) is 27. The number of piperidine rings is 2. The van der Waals surface area contributed by atoms with Crippen LogP contribution in [0, 0.1) is 26.7 Å². The van der Waals surface area contributed by atoms with E-state index in [1.807, 2.05) is 98.6 Å². The molecule has 6 aliphatic rings. The molecule has 12 aromatic rings. The number of H-pyrrole nitrogens is 2. The highest BCUT2D eigenvalue weighted by Crippen LogP contribution is 2.52. The van der Waals surface area contributed by atoms with Crippen LogP contribution in [0.25, 0.3) is 66.1 Å². The second-order valence-corrected chi connectivity index (χ2v) is 32.9. The zero-order valence-corrected chi connectivity index (χ0v) is 71.7. The number of aromatic amines is 2. The van der Waals surface area contributed by atoms with E-state index in [0.717, 1.165) is 97.7 Å². The Morgan fingerprint density at radius 3 is 1.53 bits per heavy atom. The number of methoxy groups -OCH3 is 2. The van der Waals surface area contributed by atoms with Crippen molar-refractivity contribution in [2.75, 3.05) is 101 Å². The van der Waals surface area contributed by atoms with Crippen LogP contribution in [0.4, 0.5) is 34.6 Å². The molecule has 4 atom stereocenters. The number of nitrogens with zero attached hydrogens (tertiary/aromatic N) is 12. The molecule has 18 rings (SSSR count). The predicted molar refractivity (Wildman–Crippen MR) is 468 cm³/mol. The third kappa shape index (κ3) is 17.2. The van der Waals surface area contributed by atoms with Crippen LogP contribution in [0.15, 0.2) is 81.8 Å². The maximum absolute atomic E-state index is 14.3. The summed E-state index contributed by atoms with van der Waals surface area (Å²) in [7, 11) is 3.24. The van der Waals surface area contributed by atoms with Crippen LogP contribution < -0.4 is 52.0 Å². The third-order valence-electron chi connectivity index (χ3n) is 24.5. The first kappa shape index (κ1) is 84.2. The van der Waals surface area contributed by atoms with Crippen molar-refractivity contribution in [3.8, 4) is 33.8 Å². The fourth-order valence-corrected chi connectivity index (χ4v) is 17.8. The average Bonchev–Trinajstić information content (AvgIpc) is 1.59. The first-order valence-electron chi connectivity index (χ1n) is 43.5. The molecule has 2 aliphatic carbocycles. The molecule has 0 spiro atoms. The molecule has 127 heavy (non-hydrogen) atoms. The monoisotopic (exact) mass is 1730 g/mol. The summed E-state index contributed by atoms with van der Waals surface area (Å²) in [6, 6.07) is 21.5. The lowest BCUT2D eigenvalue weighted by Gasteiger charge is -2.29. The number of carbonyl (C=O) groups is 8. The number of benzene rings is 4. The van der Waals surface area contributed by atoms with Crippen molar-refractivity contribution in [2.24, 2.45) is 5.92 Å². The summed E-state index contributed by atoms with van der Waals surface area (Å²) < 4.78 is 45.2. The summed E-state index contributed by atoms with van der Waals surface area (Å²) in [4.78, 5) is 134. The lowest BCUT2D eigenvalue weighted by atomic mass is 9.98. The van der Waals surface area contributed by atoms with E-state index in [1.165, 1.54) is 4.90 Å². The first-order chi connectivity index (χ1) is 61.8. The van der Waals surface area contributed by atoms with Crippen LogP contribution in [-0.2, 0) is 66.0 Å². The molecular formula is C90H100N22O15. The van der Waals surface area contributed by atoms with Gasteiger partial charge < -0.3 is 84.4 Å². The van der Waals surface area contributed by atoms with E-state index < -0.39 is 35.7 Å². The fourth-order valence-electron chi connectivity index (χ4n) is 17.8. The number of aryl methyl sites for hydroxylation is 5. The van der Waals surface area contributed by atoms with Gasteiger partial charge in [0.05, 0.1) is 85.3 Å². The number of ether oxygens (including phenoxy) is 5. The van der Waals surface area contributed by atoms with Crippen LogP contribution in [-0.4, -0.2) is 209 Å². The van der Waals surface area contributed by atoms with Gasteiger partial charge in [0.15, 0.2) is 0 Å². The number of unbranched alkanes of at least 4 members (excludes halogenated alkanes) is 1. The van der Waals surface area contributed by atoms with Gasteiger partial charge in [-0.05, 0) is 153 Å². The Hall–Kier alpha value is -13.7. The Morgan fingerprint density at radius 1 is 0.535 bits per heavy atom. The zero-order valence-electron chi connectivity index (χ0n) is 71.7. The molecule has 0 bridgehead atoms. The van der Waals surface area contributed by atoms with Gasteiger partial charge in [0.1, 0.15) is 69.7 Å². The highest BCUT2D eigenvalue weighted by molar-refractivity contribution is 6.16. The molecule has 4 unspecified atom stereocenters. The van der Waals surface area contributed by atoms with Gasteiger partial charge in [0.25, 0.3) is 23.6 Å². The Labute approximate surface area is 728 Å². The standard InChI is InChI=1S/C90H100N22O15/c1-8-111-71(42-62(105-111)49-20-21-49)97-81-78-55-41-70(122-7)57(39-64(55)96-80(78)101-83(103-81)87(117)93-27-11-10-26-91-60-18-12-16-51-58(60)44-109(89(51)119)67-22-24-73(113)99-85(67)115)76-48(5)127-108-66(76)37-50-36-53(50)65-43-72(112(9-2)106-65)98-82-77-54-40-69(121-6)56(75-46(3)107-126-47(75)4)38-63(54)95-79(77)102-84(104-82)88(118)94-29-15-31-124-33-35-125-34-32-123-30-14-28-92-61-19-13-17-52-59(61)45-110(90(52)120)68-23-25-74(114)100-86(68)116/h12-13,16-19,38-43,49-50,53,67-68,91-92H,8-11,14-15,20-37,44-45H2,1-7H3,(H,93,117)(H,94,118)(H,99,113,115)(H,100,114,116)(H2,95,98,102,104)(H2,96,97,101,103). The van der Waals surface area contributed by atoms with E-state index >= 15 is 0 Å². The predicted octanol–water partition coefficient (Wildman–Crippen LogP) is 10.7. The minimum Gasteiger partial charge on any atom is -0.496 e. The zero-order chi connectivity index (χ0) is 87.8. The van der Waals surface area contributed by atoms with Crippen molar-refractivity contribution >= 4 is 126 Å². The molecule has 0 radical (unpaired) electrons. The summed E-state index contributed by atoms with van der Waals surface area (Å²) >= 11 is 0. The summed E-state index contributed by atoms with van der Waals surface area (Å²) in [6.07, 6.45) is 6.95. The molecule has 2 saturated carbocycles. The second-order valence-electron chi connectivity index (χ2n) is 32.9. The fraction of sp³-hybridized carbons (Fsp3) is 0.422. The maximum Gasteiger partial charge on any atom is 0.289 e. The topological polar surface area (TPSA) is 456 Å². The largest absolute Gasteiger partial charge is 0.496 e. The van der Waals surface area contributed by atoms with E-state index in [1.54, 1.807) is 31.3 Å². The van der Waals surface area contributed by atoms with Crippen molar-refractivity contribution in [1.82, 2.24) is 90.8 Å². The van der Waals surface area contributed by atoms with E-state index in [4.69, 9.17) is 68.0 Å². The summed E-state index contributed by atoms with van der Waals surface area (Å²) in [5.74, 6) is 1.99. The van der Waals surface area contributed by atoms with Crippen molar-refractivity contribution in [1.29, 1.82) is 0 Å². The quantitative estimate of drug-likeness (QED) is 0.0126. The molecule has 8 aromatic heterocycles. The van der Waals surface area contributed by atoms with Crippen LogP contribution in [0.1, 0.15) is 184 Å². The number of aromatic nitrogens is 12. The van der Waals surface area contributed by atoms with Crippen molar-refractivity contribution in [3.05, 3.63) is 141 Å². The molecule has 37 nitrogen and oxygen atoms in total. The Kier molecular flexibility index (Phi) is 23.9. The molecule has 4 fully saturated rings. The smallest absolute Gasteiger partial charge is 0.289 e. The number of amides is 8. The molecule has 37 heteroatoms. The highest BCUT2D eigenvalue weighted by Gasteiger charge is 2.45. The molecule has 4 aliphatic heterocycles.